The number of hydrogen-bond acceptors (Lipinski definition) is 1. The zero-order valence-electron chi connectivity index (χ0n) is 5.39. The van der Waals surface area contributed by atoms with Crippen molar-refractivity contribution in [2.45, 2.75) is 13.8 Å². The monoisotopic (exact) mass is 128 g/mol. The summed E-state index contributed by atoms with van der Waals surface area (Å²) in [5, 5.41) is 0. The molecule has 0 N–H and O–H groups in total. The fraction of sp³-hybridized carbons (Fsp3) is 0.429. The molecule has 0 atom stereocenters. The third kappa shape index (κ3) is 5.83. The van der Waals surface area contributed by atoms with Crippen molar-refractivity contribution in [2.75, 3.05) is 5.75 Å². The molecule has 0 aromatic rings. The summed E-state index contributed by atoms with van der Waals surface area (Å²) >= 11 is 4.01. The summed E-state index contributed by atoms with van der Waals surface area (Å²) in [7, 11) is 0. The van der Waals surface area contributed by atoms with Crippen LogP contribution in [0.4, 0.5) is 0 Å². The molecule has 0 bridgehead atoms. The fourth-order valence-corrected chi connectivity index (χ4v) is 0.443. The molecule has 0 fully saturated rings. The van der Waals surface area contributed by atoms with Crippen LogP contribution in [0, 0.1) is 0 Å². The third-order valence-electron chi connectivity index (χ3n) is 0.671. The largest absolute Gasteiger partial charge is 0.175 e. The Morgan fingerprint density at radius 3 is 2.50 bits per heavy atom. The van der Waals surface area contributed by atoms with Gasteiger partial charge in [-0.3, -0.25) is 0 Å². The molecule has 0 saturated heterocycles. The van der Waals surface area contributed by atoms with Crippen molar-refractivity contribution < 1.29 is 0 Å². The normalized spacial score (nSPS) is 9.88. The smallest absolute Gasteiger partial charge is 0.00856 e. The molecule has 0 rings (SSSR count). The van der Waals surface area contributed by atoms with E-state index in [1.807, 2.05) is 12.2 Å². The lowest BCUT2D eigenvalue weighted by molar-refractivity contribution is 1.39. The van der Waals surface area contributed by atoms with Gasteiger partial charge in [0, 0.05) is 5.75 Å². The van der Waals surface area contributed by atoms with E-state index in [-0.39, 0.29) is 0 Å². The molecule has 46 valence electrons. The first-order chi connectivity index (χ1) is 3.77. The van der Waals surface area contributed by atoms with Crippen molar-refractivity contribution in [1.82, 2.24) is 0 Å². The van der Waals surface area contributed by atoms with Gasteiger partial charge in [0.05, 0.1) is 0 Å². The Morgan fingerprint density at radius 2 is 2.12 bits per heavy atom. The van der Waals surface area contributed by atoms with Crippen LogP contribution in [0.5, 0.6) is 0 Å². The van der Waals surface area contributed by atoms with Crippen molar-refractivity contribution in [2.24, 2.45) is 0 Å². The molecule has 0 radical (unpaired) electrons. The molecule has 0 aliphatic carbocycles. The van der Waals surface area contributed by atoms with E-state index >= 15 is 0 Å². The summed E-state index contributed by atoms with van der Waals surface area (Å²) in [5.74, 6) is 0.823. The van der Waals surface area contributed by atoms with Crippen molar-refractivity contribution in [3.05, 3.63) is 23.8 Å². The van der Waals surface area contributed by atoms with Gasteiger partial charge in [0.1, 0.15) is 0 Å². The minimum atomic E-state index is 0.823. The van der Waals surface area contributed by atoms with Gasteiger partial charge in [0.2, 0.25) is 0 Å². The fourth-order valence-electron chi connectivity index (χ4n) is 0.321. The third-order valence-corrected chi connectivity index (χ3v) is 0.882. The van der Waals surface area contributed by atoms with Gasteiger partial charge in [-0.25, -0.2) is 0 Å². The van der Waals surface area contributed by atoms with Crippen molar-refractivity contribution in [1.29, 1.82) is 0 Å². The van der Waals surface area contributed by atoms with E-state index in [0.29, 0.717) is 0 Å². The molecule has 0 saturated carbocycles. The Balaban J connectivity index is 3.42. The van der Waals surface area contributed by atoms with Crippen molar-refractivity contribution in [3.8, 4) is 0 Å². The Bertz CT molecular complexity index is 97.0. The minimum Gasteiger partial charge on any atom is -0.175 e. The molecule has 0 unspecified atom stereocenters. The summed E-state index contributed by atoms with van der Waals surface area (Å²) in [4.78, 5) is 0. The minimum absolute atomic E-state index is 0.823. The molecular weight excluding hydrogens is 116 g/mol. The van der Waals surface area contributed by atoms with Gasteiger partial charge in [0.25, 0.3) is 0 Å². The topological polar surface area (TPSA) is 0 Å². The molecule has 0 aliphatic rings. The van der Waals surface area contributed by atoms with Gasteiger partial charge in [-0.15, -0.1) is 0 Å². The zero-order chi connectivity index (χ0) is 6.41. The lowest BCUT2D eigenvalue weighted by Crippen LogP contribution is -1.60. The van der Waals surface area contributed by atoms with E-state index in [4.69, 9.17) is 0 Å². The Kier molecular flexibility index (Phi) is 4.87. The Hall–Kier alpha value is -0.170. The van der Waals surface area contributed by atoms with Crippen LogP contribution in [0.2, 0.25) is 0 Å². The highest BCUT2D eigenvalue weighted by Crippen LogP contribution is 1.88. The van der Waals surface area contributed by atoms with Gasteiger partial charge >= 0.3 is 0 Å². The van der Waals surface area contributed by atoms with Crippen molar-refractivity contribution >= 4 is 12.6 Å². The second-order valence-corrected chi connectivity index (χ2v) is 2.22. The summed E-state index contributed by atoms with van der Waals surface area (Å²) in [6.07, 6.45) is 6.09. The predicted octanol–water partition coefficient (Wildman–Crippen LogP) is 2.44. The quantitative estimate of drug-likeness (QED) is 0.428. The molecule has 0 aromatic heterocycles. The molecule has 8 heavy (non-hydrogen) atoms. The number of allylic oxidation sites excluding steroid dienone is 3. The number of hydrogen-bond donors (Lipinski definition) is 1. The molecule has 1 heteroatoms. The average Bonchev–Trinajstić information content (AvgIpc) is 1.66. The first-order valence-corrected chi connectivity index (χ1v) is 3.31. The van der Waals surface area contributed by atoms with Crippen LogP contribution in [0.3, 0.4) is 0 Å². The van der Waals surface area contributed by atoms with Crippen LogP contribution in [0.15, 0.2) is 23.8 Å². The molecule has 0 spiro atoms. The maximum absolute atomic E-state index is 4.01. The highest BCUT2D eigenvalue weighted by molar-refractivity contribution is 7.80. The highest BCUT2D eigenvalue weighted by atomic mass is 32.1. The zero-order valence-corrected chi connectivity index (χ0v) is 6.28. The molecule has 0 aliphatic heterocycles. The SMILES string of the molecule is CC(C)=C/C=C\CS. The maximum Gasteiger partial charge on any atom is 0.00856 e. The summed E-state index contributed by atoms with van der Waals surface area (Å²) in [5.41, 5.74) is 1.32. The van der Waals surface area contributed by atoms with Gasteiger partial charge in [-0.05, 0) is 13.8 Å². The highest BCUT2D eigenvalue weighted by Gasteiger charge is 1.67. The molecule has 0 amide bonds. The lowest BCUT2D eigenvalue weighted by Gasteiger charge is -1.79. The lowest BCUT2D eigenvalue weighted by atomic mass is 10.3. The predicted molar refractivity (Wildman–Crippen MR) is 42.4 cm³/mol. The summed E-state index contributed by atoms with van der Waals surface area (Å²) < 4.78 is 0. The van der Waals surface area contributed by atoms with E-state index in [0.717, 1.165) is 5.75 Å². The maximum atomic E-state index is 4.01. The van der Waals surface area contributed by atoms with E-state index in [2.05, 4.69) is 32.6 Å². The molecule has 0 nitrogen and oxygen atoms in total. The van der Waals surface area contributed by atoms with Gasteiger partial charge in [0.15, 0.2) is 0 Å². The van der Waals surface area contributed by atoms with Crippen LogP contribution in [0.25, 0.3) is 0 Å². The van der Waals surface area contributed by atoms with E-state index in [1.54, 1.807) is 0 Å². The van der Waals surface area contributed by atoms with E-state index in [1.165, 1.54) is 5.57 Å². The van der Waals surface area contributed by atoms with Crippen LogP contribution in [-0.2, 0) is 0 Å². The van der Waals surface area contributed by atoms with Crippen LogP contribution in [-0.4, -0.2) is 5.75 Å². The van der Waals surface area contributed by atoms with E-state index in [9.17, 15) is 0 Å². The van der Waals surface area contributed by atoms with Crippen molar-refractivity contribution in [3.63, 3.8) is 0 Å². The van der Waals surface area contributed by atoms with Gasteiger partial charge < -0.3 is 0 Å². The second-order valence-electron chi connectivity index (χ2n) is 1.85. The molecule has 0 aromatic carbocycles. The molecular formula is C7H12S. The first kappa shape index (κ1) is 7.83. The van der Waals surface area contributed by atoms with E-state index < -0.39 is 0 Å². The average molecular weight is 128 g/mol. The van der Waals surface area contributed by atoms with Gasteiger partial charge in [-0.2, -0.15) is 12.6 Å². The first-order valence-electron chi connectivity index (χ1n) is 2.68. The number of thiol groups is 1. The Morgan fingerprint density at radius 1 is 1.50 bits per heavy atom. The van der Waals surface area contributed by atoms with Crippen LogP contribution >= 0.6 is 12.6 Å². The Labute approximate surface area is 56.7 Å². The van der Waals surface area contributed by atoms with Crippen LogP contribution in [0.1, 0.15) is 13.8 Å². The molecule has 0 heterocycles. The number of rotatable bonds is 2. The summed E-state index contributed by atoms with van der Waals surface area (Å²) in [6.45, 7) is 4.14. The second kappa shape index (κ2) is 4.98. The standard InChI is InChI=1S/C7H12S/c1-7(2)5-3-4-6-8/h3-5,8H,6H2,1-2H3/b4-3-. The van der Waals surface area contributed by atoms with Crippen LogP contribution < -0.4 is 0 Å². The summed E-state index contributed by atoms with van der Waals surface area (Å²) in [6, 6.07) is 0. The van der Waals surface area contributed by atoms with Gasteiger partial charge in [-0.1, -0.05) is 23.8 Å².